The summed E-state index contributed by atoms with van der Waals surface area (Å²) in [6, 6.07) is 0. The van der Waals surface area contributed by atoms with Crippen LogP contribution in [0.2, 0.25) is 0 Å². The van der Waals surface area contributed by atoms with Crippen molar-refractivity contribution in [2.45, 2.75) is 222 Å². The van der Waals surface area contributed by atoms with Crippen LogP contribution in [0.1, 0.15) is 6.92 Å². The molecular weight excluding hydrogens is 1080 g/mol. The first-order valence-electron chi connectivity index (χ1n) is 24.5. The van der Waals surface area contributed by atoms with Gasteiger partial charge in [0, 0.05) is 0 Å². The average molecular weight is 1150 g/mol. The summed E-state index contributed by atoms with van der Waals surface area (Å²) in [5.41, 5.74) is 0. The predicted octanol–water partition coefficient (Wildman–Crippen LogP) is -15.2. The summed E-state index contributed by atoms with van der Waals surface area (Å²) in [4.78, 5) is 12.6. The molecule has 0 bridgehead atoms. The van der Waals surface area contributed by atoms with Crippen LogP contribution < -0.4 is 0 Å². The Kier molecular flexibility index (Phi) is 21.9. The lowest BCUT2D eigenvalue weighted by atomic mass is 9.97. The minimum Gasteiger partial charge on any atom is -0.479 e. The van der Waals surface area contributed by atoms with Crippen LogP contribution in [-0.4, -0.2) is 366 Å². The van der Waals surface area contributed by atoms with Crippen LogP contribution in [0.3, 0.4) is 0 Å². The van der Waals surface area contributed by atoms with Gasteiger partial charge in [0.1, 0.15) is 159 Å². The van der Waals surface area contributed by atoms with Crippen LogP contribution in [0.4, 0.5) is 0 Å². The van der Waals surface area contributed by atoms with Crippen molar-refractivity contribution >= 4 is 5.97 Å². The highest BCUT2D eigenvalue weighted by atomic mass is 16.8. The maximum Gasteiger partial charge on any atom is 0.335 e. The minimum atomic E-state index is -2.35. The van der Waals surface area contributed by atoms with E-state index in [0.29, 0.717) is 0 Å². The first kappa shape index (κ1) is 63.7. The second-order valence-electron chi connectivity index (χ2n) is 19.7. The Bertz CT molecular complexity index is 1880. The molecule has 7 rings (SSSR count). The zero-order chi connectivity index (χ0) is 57.5. The summed E-state index contributed by atoms with van der Waals surface area (Å²) in [6.07, 6.45) is -69.4. The fourth-order valence-electron chi connectivity index (χ4n) is 9.74. The lowest BCUT2D eigenvalue weighted by molar-refractivity contribution is -0.360. The van der Waals surface area contributed by atoms with E-state index in [-0.39, 0.29) is 0 Å². The van der Waals surface area contributed by atoms with Gasteiger partial charge in [-0.1, -0.05) is 0 Å². The molecule has 7 fully saturated rings. The second-order valence-corrected chi connectivity index (χ2v) is 19.7. The van der Waals surface area contributed by atoms with E-state index in [1.54, 1.807) is 0 Å². The molecule has 7 saturated heterocycles. The van der Waals surface area contributed by atoms with E-state index in [1.165, 1.54) is 6.92 Å². The summed E-state index contributed by atoms with van der Waals surface area (Å²) in [7, 11) is 0. The Morgan fingerprint density at radius 1 is 0.397 bits per heavy atom. The Morgan fingerprint density at radius 2 is 0.821 bits per heavy atom. The summed E-state index contributed by atoms with van der Waals surface area (Å²) in [6.45, 7) is -3.84. The molecule has 36 heteroatoms. The van der Waals surface area contributed by atoms with Crippen LogP contribution in [0, 0.1) is 0 Å². The van der Waals surface area contributed by atoms with Gasteiger partial charge >= 0.3 is 5.97 Å². The van der Waals surface area contributed by atoms with Crippen molar-refractivity contribution in [2.24, 2.45) is 0 Å². The number of aliphatic carboxylic acids is 1. The van der Waals surface area contributed by atoms with Crippen LogP contribution in [0.5, 0.6) is 0 Å². The highest BCUT2D eigenvalue weighted by Gasteiger charge is 2.59. The number of carbonyl (C=O) groups is 1. The highest BCUT2D eigenvalue weighted by molar-refractivity contribution is 5.73. The van der Waals surface area contributed by atoms with Crippen LogP contribution in [0.15, 0.2) is 0 Å². The van der Waals surface area contributed by atoms with Crippen LogP contribution in [0.25, 0.3) is 0 Å². The zero-order valence-corrected chi connectivity index (χ0v) is 40.8. The maximum absolute atomic E-state index is 12.6. The van der Waals surface area contributed by atoms with Gasteiger partial charge in [-0.3, -0.25) is 0 Å². The number of carboxylic acid groups (broad SMARTS) is 1. The molecule has 36 nitrogen and oxygen atoms in total. The molecule has 0 saturated carbocycles. The van der Waals surface area contributed by atoms with Gasteiger partial charge in [0.25, 0.3) is 0 Å². The van der Waals surface area contributed by atoms with Crippen molar-refractivity contribution in [1.29, 1.82) is 0 Å². The summed E-state index contributed by atoms with van der Waals surface area (Å²) >= 11 is 0. The van der Waals surface area contributed by atoms with E-state index < -0.39 is 254 Å². The summed E-state index contributed by atoms with van der Waals surface area (Å²) in [5, 5.41) is 232. The van der Waals surface area contributed by atoms with E-state index in [1.807, 2.05) is 0 Å². The normalized spacial score (nSPS) is 51.4. The number of ether oxygens (including phenoxy) is 13. The fraction of sp³-hybridized carbons (Fsp3) is 0.976. The van der Waals surface area contributed by atoms with Crippen LogP contribution >= 0.6 is 0 Å². The van der Waals surface area contributed by atoms with Crippen molar-refractivity contribution in [3.05, 3.63) is 0 Å². The molecule has 0 spiro atoms. The monoisotopic (exact) mass is 1150 g/mol. The molecule has 0 aromatic carbocycles. The van der Waals surface area contributed by atoms with Crippen molar-refractivity contribution in [1.82, 2.24) is 0 Å². The van der Waals surface area contributed by atoms with Crippen molar-refractivity contribution in [2.75, 3.05) is 33.0 Å². The largest absolute Gasteiger partial charge is 0.479 e. The van der Waals surface area contributed by atoms with E-state index >= 15 is 0 Å². The Balaban J connectivity index is 1.13. The van der Waals surface area contributed by atoms with E-state index in [0.717, 1.165) is 0 Å². The molecule has 0 aliphatic carbocycles. The third-order valence-corrected chi connectivity index (χ3v) is 14.4. The molecule has 7 aliphatic rings. The molecule has 0 amide bonds. The number of aliphatic hydroxyl groups excluding tert-OH is 21. The Hall–Kier alpha value is -1.89. The molecular formula is C42H70O36. The van der Waals surface area contributed by atoms with Crippen LogP contribution in [-0.2, 0) is 66.4 Å². The van der Waals surface area contributed by atoms with E-state index in [2.05, 4.69) is 0 Å². The number of aliphatic hydroxyl groups is 21. The van der Waals surface area contributed by atoms with Crippen molar-refractivity contribution < 1.29 is 179 Å². The third kappa shape index (κ3) is 13.1. The maximum atomic E-state index is 12.6. The lowest BCUT2D eigenvalue weighted by Crippen LogP contribution is -2.65. The van der Waals surface area contributed by atoms with Gasteiger partial charge in [-0.15, -0.1) is 0 Å². The van der Waals surface area contributed by atoms with Gasteiger partial charge in [0.05, 0.1) is 39.1 Å². The molecule has 22 N–H and O–H groups in total. The molecule has 0 aromatic rings. The number of rotatable bonds is 21. The van der Waals surface area contributed by atoms with Crippen molar-refractivity contribution in [3.63, 3.8) is 0 Å². The Labute approximate surface area is 439 Å². The molecule has 0 radical (unpaired) electrons. The van der Waals surface area contributed by atoms with Gasteiger partial charge in [-0.25, -0.2) is 4.79 Å². The first-order valence-corrected chi connectivity index (χ1v) is 24.5. The fourth-order valence-corrected chi connectivity index (χ4v) is 9.74. The summed E-state index contributed by atoms with van der Waals surface area (Å²) in [5.74, 6) is -1.89. The topological polar surface area (TPSA) is 582 Å². The lowest BCUT2D eigenvalue weighted by Gasteiger charge is -2.45. The first-order chi connectivity index (χ1) is 36.8. The van der Waals surface area contributed by atoms with Gasteiger partial charge in [-0.05, 0) is 6.92 Å². The van der Waals surface area contributed by atoms with Crippen molar-refractivity contribution in [3.8, 4) is 0 Å². The molecule has 78 heavy (non-hydrogen) atoms. The summed E-state index contributed by atoms with van der Waals surface area (Å²) < 4.78 is 72.7. The van der Waals surface area contributed by atoms with Gasteiger partial charge in [-0.2, -0.15) is 0 Å². The molecule has 7 aliphatic heterocycles. The number of carboxylic acids is 1. The predicted molar refractivity (Wildman–Crippen MR) is 231 cm³/mol. The quantitative estimate of drug-likeness (QED) is 0.0507. The molecule has 0 aromatic heterocycles. The van der Waals surface area contributed by atoms with Gasteiger partial charge in [0.15, 0.2) is 50.1 Å². The van der Waals surface area contributed by atoms with E-state index in [9.17, 15) is 117 Å². The molecule has 7 heterocycles. The van der Waals surface area contributed by atoms with Gasteiger partial charge < -0.3 is 174 Å². The molecule has 454 valence electrons. The standard InChI is InChI=1S/C42H70O36/c1-7-13(49)16(52)22(58)37(68-7)74-30-20(56)25(61)40(77-33(30)35(63)64)75-31-26(62)28(72-41(31)66-5-9(47)27-19(55)21(57)36(65)71-27)10(48)6-67-42-34(78-39-24(60)18(54)15(51)12(4-45)70-39)32(29(73-42)8(46)2-43)76-38-23(59)17(53)14(50)11(3-44)69-38/h7-34,36-62,65H,2-6H2,1H3,(H,63,64)/t7-,8+,9+,10+,11+,12+,13-,14-,15-,16+,17-,18-,19+,20+,21+,22+,23+,24+,25+,26-,27-,28-,29-,30-,31+,32-,33-,34+,36+,37-,38-,39+,40-,41+,42+/m0/s1. The average Bonchev–Trinajstić information content (AvgIpc) is 4.05. The minimum absolute atomic E-state index is 0.946. The highest BCUT2D eigenvalue weighted by Crippen LogP contribution is 2.38. The SMILES string of the molecule is C[C@@H]1O[C@@H](O[C@H]2[C@H](O)[C@@H](O)[C@@H](O[C@H]3[C@H](OC[C@@H](O)[C@@H]4O[C@@H](O)[C@H](O)[C@H]4O)O[C@@H]([C@H](O)CO[C@@H]4O[C@@H]([C@H](O)CO)[C@H](O[C@@H]5O[C@H](CO)[C@H](O)[C@H](O)[C@H]5O)[C@H]4O[C@H]4O[C@H](CO)[C@H](O)[C@H](O)[C@H]4O)[C@@H]3O)O[C@@H]2C(=O)O)[C@H](O)[C@H](O)[C@H]1O. The Morgan fingerprint density at radius 3 is 1.31 bits per heavy atom. The number of hydrogen-bond acceptors (Lipinski definition) is 35. The van der Waals surface area contributed by atoms with E-state index in [4.69, 9.17) is 61.6 Å². The molecule has 35 atom stereocenters. The number of hydrogen-bond donors (Lipinski definition) is 22. The molecule has 0 unspecified atom stereocenters. The smallest absolute Gasteiger partial charge is 0.335 e. The second kappa shape index (κ2) is 26.8. The van der Waals surface area contributed by atoms with Gasteiger partial charge in [0.2, 0.25) is 0 Å². The zero-order valence-electron chi connectivity index (χ0n) is 40.8. The third-order valence-electron chi connectivity index (χ3n) is 14.4.